The molecule has 7 heteroatoms. The molecule has 1 aromatic rings. The average molecular weight is 403 g/mol. The Hall–Kier alpha value is -1.99. The Kier molecular flexibility index (Phi) is 5.62. The van der Waals surface area contributed by atoms with Crippen molar-refractivity contribution >= 4 is 17.5 Å². The molecule has 0 radical (unpaired) electrons. The number of carbonyl (C=O) groups excluding carboxylic acids is 2. The van der Waals surface area contributed by atoms with Crippen LogP contribution in [0.1, 0.15) is 51.0 Å². The number of nitrogens with one attached hydrogen (secondary N) is 1. The van der Waals surface area contributed by atoms with Crippen LogP contribution in [-0.4, -0.2) is 49.5 Å². The Morgan fingerprint density at radius 1 is 1.17 bits per heavy atom. The summed E-state index contributed by atoms with van der Waals surface area (Å²) in [4.78, 5) is 33.2. The highest BCUT2D eigenvalue weighted by Crippen LogP contribution is 2.48. The molecule has 4 rings (SSSR count). The highest BCUT2D eigenvalue weighted by molar-refractivity contribution is 5.94. The topological polar surface area (TPSA) is 61.9 Å². The van der Waals surface area contributed by atoms with E-state index in [1.54, 1.807) is 19.1 Å². The van der Waals surface area contributed by atoms with Gasteiger partial charge in [-0.25, -0.2) is 9.87 Å². The van der Waals surface area contributed by atoms with Crippen molar-refractivity contribution in [1.82, 2.24) is 10.4 Å². The van der Waals surface area contributed by atoms with E-state index in [0.717, 1.165) is 62.9 Å². The third-order valence-corrected chi connectivity index (χ3v) is 7.20. The maximum absolute atomic E-state index is 14.0. The van der Waals surface area contributed by atoms with E-state index in [9.17, 15) is 14.0 Å². The predicted molar refractivity (Wildman–Crippen MR) is 108 cm³/mol. The molecule has 6 nitrogen and oxygen atoms in total. The minimum Gasteiger partial charge on any atom is -0.311 e. The lowest BCUT2D eigenvalue weighted by Crippen LogP contribution is -2.50. The van der Waals surface area contributed by atoms with E-state index in [0.29, 0.717) is 12.6 Å². The largest absolute Gasteiger partial charge is 0.311 e. The highest BCUT2D eigenvalue weighted by atomic mass is 19.1. The normalized spacial score (nSPS) is 26.4. The summed E-state index contributed by atoms with van der Waals surface area (Å²) in [6.45, 7) is 4.13. The number of nitrogens with zero attached hydrogens (tertiary/aromatic N) is 2. The van der Waals surface area contributed by atoms with E-state index in [2.05, 4.69) is 10.4 Å². The lowest BCUT2D eigenvalue weighted by atomic mass is 9.73. The van der Waals surface area contributed by atoms with Gasteiger partial charge >= 0.3 is 0 Å². The molecule has 0 aromatic heterocycles. The van der Waals surface area contributed by atoms with Crippen LogP contribution in [0.25, 0.3) is 0 Å². The van der Waals surface area contributed by atoms with Crippen molar-refractivity contribution < 1.29 is 18.8 Å². The molecule has 1 saturated heterocycles. The number of anilines is 1. The molecule has 1 N–H and O–H groups in total. The van der Waals surface area contributed by atoms with Crippen LogP contribution in [0.2, 0.25) is 0 Å². The van der Waals surface area contributed by atoms with Crippen LogP contribution in [0, 0.1) is 11.7 Å². The number of hydrogen-bond donors (Lipinski definition) is 1. The zero-order valence-corrected chi connectivity index (χ0v) is 17.2. The quantitative estimate of drug-likeness (QED) is 0.789. The van der Waals surface area contributed by atoms with E-state index in [1.807, 2.05) is 4.90 Å². The minimum absolute atomic E-state index is 0.0162. The van der Waals surface area contributed by atoms with Crippen LogP contribution >= 0.6 is 0 Å². The first kappa shape index (κ1) is 20.3. The van der Waals surface area contributed by atoms with Crippen LogP contribution in [0.3, 0.4) is 0 Å². The molecule has 1 saturated carbocycles. The first-order chi connectivity index (χ1) is 13.9. The molecule has 2 heterocycles. The molecule has 1 spiro atoms. The van der Waals surface area contributed by atoms with Gasteiger partial charge in [-0.3, -0.25) is 14.4 Å². The van der Waals surface area contributed by atoms with Gasteiger partial charge in [-0.15, -0.1) is 0 Å². The van der Waals surface area contributed by atoms with Crippen LogP contribution in [0.15, 0.2) is 18.2 Å². The highest BCUT2D eigenvalue weighted by Gasteiger charge is 2.46. The average Bonchev–Trinajstić information content (AvgIpc) is 3.03. The maximum atomic E-state index is 14.0. The molecule has 2 aliphatic heterocycles. The number of halogens is 1. The third-order valence-electron chi connectivity index (χ3n) is 7.20. The Bertz CT molecular complexity index is 784. The molecule has 3 aliphatic rings. The summed E-state index contributed by atoms with van der Waals surface area (Å²) in [6.07, 6.45) is 5.65. The summed E-state index contributed by atoms with van der Waals surface area (Å²) in [5.74, 6) is -0.193. The van der Waals surface area contributed by atoms with Crippen LogP contribution in [-0.2, 0) is 19.8 Å². The molecular formula is C22H30FN3O3. The Labute approximate surface area is 171 Å². The molecular weight excluding hydrogens is 373 g/mol. The maximum Gasteiger partial charge on any atom is 0.246 e. The number of hydroxylamine groups is 1. The van der Waals surface area contributed by atoms with Crippen LogP contribution < -0.4 is 10.4 Å². The Morgan fingerprint density at radius 2 is 1.86 bits per heavy atom. The Morgan fingerprint density at radius 3 is 2.48 bits per heavy atom. The van der Waals surface area contributed by atoms with Gasteiger partial charge in [0.15, 0.2) is 0 Å². The SMILES string of the molecule is CONC(=O)C1CCC(N2CCC3(CC2)CN(C(C)=O)c2ccc(F)cc23)CC1. The summed E-state index contributed by atoms with van der Waals surface area (Å²) in [7, 11) is 1.47. The zero-order chi connectivity index (χ0) is 20.6. The molecule has 0 atom stereocenters. The van der Waals surface area contributed by atoms with Gasteiger partial charge in [-0.2, -0.15) is 0 Å². The molecule has 158 valence electrons. The number of amides is 2. The van der Waals surface area contributed by atoms with Crippen molar-refractivity contribution in [3.8, 4) is 0 Å². The second-order valence-electron chi connectivity index (χ2n) is 8.76. The summed E-state index contributed by atoms with van der Waals surface area (Å²) >= 11 is 0. The van der Waals surface area contributed by atoms with Gasteiger partial charge in [0.25, 0.3) is 0 Å². The lowest BCUT2D eigenvalue weighted by Gasteiger charge is -2.44. The van der Waals surface area contributed by atoms with Gasteiger partial charge in [0.05, 0.1) is 7.11 Å². The third kappa shape index (κ3) is 3.78. The molecule has 0 unspecified atom stereocenters. The summed E-state index contributed by atoms with van der Waals surface area (Å²) in [5.41, 5.74) is 4.18. The summed E-state index contributed by atoms with van der Waals surface area (Å²) in [6, 6.07) is 5.32. The number of benzene rings is 1. The first-order valence-corrected chi connectivity index (χ1v) is 10.6. The van der Waals surface area contributed by atoms with Crippen molar-refractivity contribution in [3.05, 3.63) is 29.6 Å². The van der Waals surface area contributed by atoms with Crippen LogP contribution in [0.4, 0.5) is 10.1 Å². The van der Waals surface area contributed by atoms with Gasteiger partial charge in [0.1, 0.15) is 5.82 Å². The second-order valence-corrected chi connectivity index (χ2v) is 8.76. The second kappa shape index (κ2) is 8.03. The Balaban J connectivity index is 1.41. The lowest BCUT2D eigenvalue weighted by molar-refractivity contribution is -0.137. The smallest absolute Gasteiger partial charge is 0.246 e. The number of rotatable bonds is 3. The predicted octanol–water partition coefficient (Wildman–Crippen LogP) is 2.76. The van der Waals surface area contributed by atoms with E-state index < -0.39 is 0 Å². The molecule has 1 aromatic carbocycles. The molecule has 2 fully saturated rings. The van der Waals surface area contributed by atoms with E-state index in [1.165, 1.54) is 13.2 Å². The number of hydrogen-bond acceptors (Lipinski definition) is 4. The molecule has 29 heavy (non-hydrogen) atoms. The number of fused-ring (bicyclic) bond motifs is 2. The van der Waals surface area contributed by atoms with Gasteiger partial charge in [-0.05, 0) is 75.4 Å². The molecule has 1 aliphatic carbocycles. The minimum atomic E-state index is -0.233. The van der Waals surface area contributed by atoms with E-state index in [-0.39, 0.29) is 29.0 Å². The van der Waals surface area contributed by atoms with Crippen LogP contribution in [0.5, 0.6) is 0 Å². The summed E-state index contributed by atoms with van der Waals surface area (Å²) < 4.78 is 14.0. The van der Waals surface area contributed by atoms with Crippen molar-refractivity contribution in [3.63, 3.8) is 0 Å². The fraction of sp³-hybridized carbons (Fsp3) is 0.636. The monoisotopic (exact) mass is 403 g/mol. The molecule has 2 amide bonds. The zero-order valence-electron chi connectivity index (χ0n) is 17.2. The van der Waals surface area contributed by atoms with E-state index >= 15 is 0 Å². The van der Waals surface area contributed by atoms with Gasteiger partial charge in [0, 0.05) is 36.5 Å². The van der Waals surface area contributed by atoms with Gasteiger partial charge < -0.3 is 9.80 Å². The number of carbonyl (C=O) groups is 2. The molecule has 0 bridgehead atoms. The van der Waals surface area contributed by atoms with Crippen molar-refractivity contribution in [2.24, 2.45) is 5.92 Å². The fourth-order valence-corrected chi connectivity index (χ4v) is 5.55. The van der Waals surface area contributed by atoms with Gasteiger partial charge in [-0.1, -0.05) is 0 Å². The van der Waals surface area contributed by atoms with E-state index in [4.69, 9.17) is 4.84 Å². The van der Waals surface area contributed by atoms with Crippen molar-refractivity contribution in [2.75, 3.05) is 31.6 Å². The fourth-order valence-electron chi connectivity index (χ4n) is 5.55. The summed E-state index contributed by atoms with van der Waals surface area (Å²) in [5, 5.41) is 0. The standard InChI is InChI=1S/C22H30FN3O3/c1-15(27)26-14-22(19-13-17(23)5-8-20(19)26)9-11-25(12-10-22)18-6-3-16(4-7-18)21(28)24-29-2/h5,8,13,16,18H,3-4,6-7,9-12,14H2,1-2H3,(H,24,28). The van der Waals surface area contributed by atoms with Gasteiger partial charge in [0.2, 0.25) is 11.8 Å². The van der Waals surface area contributed by atoms with Crippen molar-refractivity contribution in [2.45, 2.75) is 56.9 Å². The van der Waals surface area contributed by atoms with Crippen molar-refractivity contribution in [1.29, 1.82) is 0 Å². The first-order valence-electron chi connectivity index (χ1n) is 10.6. The number of piperidine rings is 1. The number of likely N-dealkylation sites (tertiary alicyclic amines) is 1.